The third kappa shape index (κ3) is 3.23. The maximum atomic E-state index is 13.5. The zero-order chi connectivity index (χ0) is 21.8. The topological polar surface area (TPSA) is 106 Å². The number of fused-ring (bicyclic) bond motifs is 2. The number of rotatable bonds is 4. The fourth-order valence-corrected chi connectivity index (χ4v) is 5.73. The van der Waals surface area contributed by atoms with Crippen LogP contribution in [0.2, 0.25) is 0 Å². The maximum Gasteiger partial charge on any atom is 0.265 e. The van der Waals surface area contributed by atoms with E-state index in [1.54, 1.807) is 19.9 Å². The first-order valence-electron chi connectivity index (χ1n) is 9.82. The van der Waals surface area contributed by atoms with Crippen molar-refractivity contribution in [2.75, 3.05) is 22.4 Å². The average molecular weight is 440 g/mol. The highest BCUT2D eigenvalue weighted by Gasteiger charge is 2.34. The molecule has 2 aliphatic heterocycles. The maximum absolute atomic E-state index is 13.5. The van der Waals surface area contributed by atoms with Gasteiger partial charge in [0, 0.05) is 19.5 Å². The summed E-state index contributed by atoms with van der Waals surface area (Å²) in [5.74, 6) is 0.830. The number of hydrogen-bond acceptors (Lipinski definition) is 7. The minimum absolute atomic E-state index is 0.109. The van der Waals surface area contributed by atoms with Crippen molar-refractivity contribution in [3.63, 3.8) is 0 Å². The summed E-state index contributed by atoms with van der Waals surface area (Å²) in [6, 6.07) is 10.7. The number of ether oxygens (including phenoxy) is 1. The highest BCUT2D eigenvalue weighted by atomic mass is 32.2. The summed E-state index contributed by atoms with van der Waals surface area (Å²) in [4.78, 5) is 18.3. The van der Waals surface area contributed by atoms with Crippen LogP contribution >= 0.6 is 0 Å². The Balaban J connectivity index is 1.54. The number of hydrogen-bond donors (Lipinski definition) is 0. The summed E-state index contributed by atoms with van der Waals surface area (Å²) in [5.41, 5.74) is 2.71. The molecule has 9 nitrogen and oxygen atoms in total. The van der Waals surface area contributed by atoms with Gasteiger partial charge in [0.2, 0.25) is 5.89 Å². The predicted molar refractivity (Wildman–Crippen MR) is 112 cm³/mol. The number of carbonyl (C=O) groups excluding carboxylic acids is 1. The van der Waals surface area contributed by atoms with Crippen LogP contribution in [-0.4, -0.2) is 37.6 Å². The van der Waals surface area contributed by atoms with Crippen molar-refractivity contribution in [3.05, 3.63) is 59.2 Å². The molecular formula is C21H20N4O5S. The largest absolute Gasteiger partial charge is 0.482 e. The fraction of sp³-hybridized carbons (Fsp3) is 0.286. The molecule has 0 saturated carbocycles. The molecule has 3 heterocycles. The van der Waals surface area contributed by atoms with E-state index in [1.165, 1.54) is 15.3 Å². The Bertz CT molecular complexity index is 1300. The highest BCUT2D eigenvalue weighted by molar-refractivity contribution is 7.93. The van der Waals surface area contributed by atoms with Crippen molar-refractivity contribution >= 4 is 27.3 Å². The Kier molecular flexibility index (Phi) is 4.47. The molecule has 0 radical (unpaired) electrons. The van der Waals surface area contributed by atoms with Gasteiger partial charge in [-0.3, -0.25) is 14.0 Å². The molecule has 0 spiro atoms. The molecule has 0 bridgehead atoms. The van der Waals surface area contributed by atoms with Gasteiger partial charge in [0.1, 0.15) is 5.75 Å². The molecule has 1 amide bonds. The van der Waals surface area contributed by atoms with Gasteiger partial charge >= 0.3 is 0 Å². The second kappa shape index (κ2) is 7.09. The predicted octanol–water partition coefficient (Wildman–Crippen LogP) is 2.36. The Morgan fingerprint density at radius 2 is 1.94 bits per heavy atom. The molecule has 2 aliphatic rings. The second-order valence-corrected chi connectivity index (χ2v) is 9.37. The first-order chi connectivity index (χ1) is 14.8. The summed E-state index contributed by atoms with van der Waals surface area (Å²) in [7, 11) is -3.79. The standard InChI is InChI=1S/C21H20N4O5S/c1-13-9-17-18(29-12-21(26)24(17)11-20-22-14(2)30-23-20)10-19(13)31(27,28)25-8-7-15-5-3-4-6-16(15)25/h3-6,9-10H,7-8,11-12H2,1-2H3. The summed E-state index contributed by atoms with van der Waals surface area (Å²) < 4.78 is 39.0. The molecule has 3 aromatic rings. The third-order valence-corrected chi connectivity index (χ3v) is 7.44. The van der Waals surface area contributed by atoms with Gasteiger partial charge in [0.05, 0.1) is 22.8 Å². The van der Waals surface area contributed by atoms with Gasteiger partial charge in [-0.05, 0) is 36.6 Å². The molecule has 0 fully saturated rings. The SMILES string of the molecule is Cc1nc(CN2C(=O)COc3cc(S(=O)(=O)N4CCc5ccccc54)c(C)cc32)no1. The highest BCUT2D eigenvalue weighted by Crippen LogP contribution is 2.40. The van der Waals surface area contributed by atoms with Gasteiger partial charge in [0.25, 0.3) is 15.9 Å². The Morgan fingerprint density at radius 1 is 1.13 bits per heavy atom. The molecule has 10 heteroatoms. The van der Waals surface area contributed by atoms with E-state index in [4.69, 9.17) is 9.26 Å². The van der Waals surface area contributed by atoms with E-state index in [2.05, 4.69) is 10.1 Å². The normalized spacial score (nSPS) is 15.6. The van der Waals surface area contributed by atoms with Crippen molar-refractivity contribution in [2.24, 2.45) is 0 Å². The van der Waals surface area contributed by atoms with Crippen molar-refractivity contribution in [1.29, 1.82) is 0 Å². The lowest BCUT2D eigenvalue weighted by Gasteiger charge is -2.30. The molecule has 0 atom stereocenters. The van der Waals surface area contributed by atoms with Crippen LogP contribution in [0.4, 0.5) is 11.4 Å². The quantitative estimate of drug-likeness (QED) is 0.613. The Morgan fingerprint density at radius 3 is 2.71 bits per heavy atom. The van der Waals surface area contributed by atoms with Crippen molar-refractivity contribution in [2.45, 2.75) is 31.7 Å². The molecule has 0 unspecified atom stereocenters. The van der Waals surface area contributed by atoms with E-state index < -0.39 is 10.0 Å². The number of aryl methyl sites for hydroxylation is 2. The van der Waals surface area contributed by atoms with E-state index in [1.807, 2.05) is 24.3 Å². The Labute approximate surface area is 179 Å². The lowest BCUT2D eigenvalue weighted by molar-refractivity contribution is -0.121. The number of carbonyl (C=O) groups is 1. The summed E-state index contributed by atoms with van der Waals surface area (Å²) in [5, 5.41) is 3.85. The first-order valence-corrected chi connectivity index (χ1v) is 11.3. The number of aromatic nitrogens is 2. The second-order valence-electron chi connectivity index (χ2n) is 7.54. The van der Waals surface area contributed by atoms with Crippen LogP contribution in [0.1, 0.15) is 22.8 Å². The number of amides is 1. The van der Waals surface area contributed by atoms with Gasteiger partial charge in [-0.2, -0.15) is 4.98 Å². The zero-order valence-electron chi connectivity index (χ0n) is 17.0. The van der Waals surface area contributed by atoms with E-state index in [-0.39, 0.29) is 24.0 Å². The van der Waals surface area contributed by atoms with E-state index in [9.17, 15) is 13.2 Å². The third-order valence-electron chi connectivity index (χ3n) is 5.48. The van der Waals surface area contributed by atoms with Gasteiger partial charge in [-0.1, -0.05) is 23.4 Å². The van der Waals surface area contributed by atoms with E-state index >= 15 is 0 Å². The monoisotopic (exact) mass is 440 g/mol. The Hall–Kier alpha value is -3.40. The number of benzene rings is 2. The molecule has 0 aliphatic carbocycles. The number of nitrogens with zero attached hydrogens (tertiary/aromatic N) is 4. The van der Waals surface area contributed by atoms with Gasteiger partial charge < -0.3 is 9.26 Å². The van der Waals surface area contributed by atoms with Crippen LogP contribution in [0.5, 0.6) is 5.75 Å². The lowest BCUT2D eigenvalue weighted by atomic mass is 10.1. The van der Waals surface area contributed by atoms with E-state index in [0.717, 1.165) is 5.56 Å². The summed E-state index contributed by atoms with van der Waals surface area (Å²) in [6.07, 6.45) is 0.669. The van der Waals surface area contributed by atoms with E-state index in [0.29, 0.717) is 47.4 Å². The van der Waals surface area contributed by atoms with Crippen LogP contribution in [-0.2, 0) is 27.8 Å². The first kappa shape index (κ1) is 19.6. The molecular weight excluding hydrogens is 420 g/mol. The molecule has 2 aromatic carbocycles. The van der Waals surface area contributed by atoms with Gasteiger partial charge in [0.15, 0.2) is 12.4 Å². The summed E-state index contributed by atoms with van der Waals surface area (Å²) >= 11 is 0. The number of anilines is 2. The van der Waals surface area contributed by atoms with Crippen molar-refractivity contribution in [3.8, 4) is 5.75 Å². The van der Waals surface area contributed by atoms with Crippen molar-refractivity contribution in [1.82, 2.24) is 10.1 Å². The smallest absolute Gasteiger partial charge is 0.265 e. The fourth-order valence-electron chi connectivity index (χ4n) is 4.01. The number of para-hydroxylation sites is 1. The average Bonchev–Trinajstić information content (AvgIpc) is 3.36. The molecule has 5 rings (SSSR count). The van der Waals surface area contributed by atoms with Crippen LogP contribution in [0.25, 0.3) is 0 Å². The number of sulfonamides is 1. The minimum atomic E-state index is -3.79. The van der Waals surface area contributed by atoms with Gasteiger partial charge in [-0.25, -0.2) is 8.42 Å². The molecule has 31 heavy (non-hydrogen) atoms. The zero-order valence-corrected chi connectivity index (χ0v) is 17.8. The van der Waals surface area contributed by atoms with Crippen LogP contribution in [0, 0.1) is 13.8 Å². The van der Waals surface area contributed by atoms with Crippen molar-refractivity contribution < 1.29 is 22.5 Å². The van der Waals surface area contributed by atoms with Crippen LogP contribution in [0.15, 0.2) is 45.8 Å². The van der Waals surface area contributed by atoms with Crippen LogP contribution in [0.3, 0.4) is 0 Å². The lowest BCUT2D eigenvalue weighted by Crippen LogP contribution is -2.39. The molecule has 1 aromatic heterocycles. The van der Waals surface area contributed by atoms with Crippen LogP contribution < -0.4 is 13.9 Å². The molecule has 0 N–H and O–H groups in total. The minimum Gasteiger partial charge on any atom is -0.482 e. The van der Waals surface area contributed by atoms with Gasteiger partial charge in [-0.15, -0.1) is 0 Å². The summed E-state index contributed by atoms with van der Waals surface area (Å²) in [6.45, 7) is 3.69. The molecule has 160 valence electrons. The molecule has 0 saturated heterocycles.